The highest BCUT2D eigenvalue weighted by Crippen LogP contribution is 2.20. The number of aryl methyl sites for hydroxylation is 1. The predicted octanol–water partition coefficient (Wildman–Crippen LogP) is 3.52. The minimum absolute atomic E-state index is 0.251. The van der Waals surface area contributed by atoms with E-state index in [1.54, 1.807) is 55.7 Å². The monoisotopic (exact) mass is 311 g/mol. The topological polar surface area (TPSA) is 56.1 Å². The van der Waals surface area contributed by atoms with E-state index in [2.05, 4.69) is 10.4 Å². The molecule has 0 saturated heterocycles. The fraction of sp³-hybridized carbons (Fsp3) is 0.0588. The molecule has 0 atom stereocenters. The van der Waals surface area contributed by atoms with Crippen LogP contribution < -0.4 is 10.1 Å². The summed E-state index contributed by atoms with van der Waals surface area (Å²) < 4.78 is 19.6. The third-order valence-corrected chi connectivity index (χ3v) is 3.12. The van der Waals surface area contributed by atoms with E-state index in [-0.39, 0.29) is 11.5 Å². The molecule has 116 valence electrons. The van der Waals surface area contributed by atoms with Gasteiger partial charge in [0.15, 0.2) is 5.69 Å². The molecule has 2 aromatic carbocycles. The number of ether oxygens (including phenoxy) is 1. The molecule has 0 aliphatic rings. The average Bonchev–Trinajstić information content (AvgIpc) is 2.98. The minimum atomic E-state index is -0.509. The predicted molar refractivity (Wildman–Crippen MR) is 84.3 cm³/mol. The summed E-state index contributed by atoms with van der Waals surface area (Å²) in [5, 5.41) is 7.11. The van der Waals surface area contributed by atoms with Crippen LogP contribution in [0.3, 0.4) is 0 Å². The molecule has 0 aliphatic heterocycles. The standard InChI is InChI=1S/C17H14FN3O2/c1-21-11-10-16(20-21)17(22)23-15-8-6-14(7-9-15)19-13-4-2-12(18)3-5-13/h2-11,19H,1H3. The Kier molecular flexibility index (Phi) is 4.05. The summed E-state index contributed by atoms with van der Waals surface area (Å²) in [7, 11) is 1.73. The largest absolute Gasteiger partial charge is 0.422 e. The number of nitrogens with zero attached hydrogens (tertiary/aromatic N) is 2. The minimum Gasteiger partial charge on any atom is -0.422 e. The molecule has 6 heteroatoms. The van der Waals surface area contributed by atoms with Crippen LogP contribution in [0.1, 0.15) is 10.5 Å². The lowest BCUT2D eigenvalue weighted by molar-refractivity contribution is 0.0728. The molecule has 0 spiro atoms. The number of hydrogen-bond donors (Lipinski definition) is 1. The molecule has 1 aromatic heterocycles. The van der Waals surface area contributed by atoms with Crippen molar-refractivity contribution in [1.82, 2.24) is 9.78 Å². The van der Waals surface area contributed by atoms with Crippen molar-refractivity contribution in [3.05, 3.63) is 72.3 Å². The van der Waals surface area contributed by atoms with Crippen LogP contribution in [0.25, 0.3) is 0 Å². The number of esters is 1. The molecule has 0 amide bonds. The summed E-state index contributed by atoms with van der Waals surface area (Å²) in [5.41, 5.74) is 1.82. The number of carbonyl (C=O) groups is 1. The van der Waals surface area contributed by atoms with Gasteiger partial charge in [0.25, 0.3) is 0 Å². The number of anilines is 2. The third-order valence-electron chi connectivity index (χ3n) is 3.12. The van der Waals surface area contributed by atoms with Crippen LogP contribution in [0.4, 0.5) is 15.8 Å². The SMILES string of the molecule is Cn1ccc(C(=O)Oc2ccc(Nc3ccc(F)cc3)cc2)n1. The number of nitrogens with one attached hydrogen (secondary N) is 1. The average molecular weight is 311 g/mol. The second-order valence-corrected chi connectivity index (χ2v) is 4.92. The van der Waals surface area contributed by atoms with Gasteiger partial charge in [-0.05, 0) is 54.6 Å². The van der Waals surface area contributed by atoms with Crippen molar-refractivity contribution in [2.75, 3.05) is 5.32 Å². The Labute approximate surface area is 132 Å². The van der Waals surface area contributed by atoms with Gasteiger partial charge in [0, 0.05) is 24.6 Å². The van der Waals surface area contributed by atoms with Crippen molar-refractivity contribution >= 4 is 17.3 Å². The van der Waals surface area contributed by atoms with Crippen LogP contribution in [0, 0.1) is 5.82 Å². The molecular weight excluding hydrogens is 297 g/mol. The third kappa shape index (κ3) is 3.74. The van der Waals surface area contributed by atoms with E-state index in [9.17, 15) is 9.18 Å². The zero-order valence-electron chi connectivity index (χ0n) is 12.4. The number of aromatic nitrogens is 2. The molecule has 0 fully saturated rings. The van der Waals surface area contributed by atoms with Crippen molar-refractivity contribution < 1.29 is 13.9 Å². The van der Waals surface area contributed by atoms with E-state index in [0.29, 0.717) is 5.75 Å². The molecule has 0 radical (unpaired) electrons. The summed E-state index contributed by atoms with van der Waals surface area (Å²) in [6.07, 6.45) is 1.67. The molecule has 0 saturated carbocycles. The molecule has 3 aromatic rings. The first-order valence-electron chi connectivity index (χ1n) is 6.95. The molecular formula is C17H14FN3O2. The number of hydrogen-bond acceptors (Lipinski definition) is 4. The Morgan fingerprint density at radius 3 is 2.22 bits per heavy atom. The van der Waals surface area contributed by atoms with Crippen molar-refractivity contribution in [3.8, 4) is 5.75 Å². The van der Waals surface area contributed by atoms with Crippen molar-refractivity contribution in [2.45, 2.75) is 0 Å². The van der Waals surface area contributed by atoms with Gasteiger partial charge < -0.3 is 10.1 Å². The van der Waals surface area contributed by atoms with Crippen LogP contribution in [0.15, 0.2) is 60.8 Å². The highest BCUT2D eigenvalue weighted by molar-refractivity contribution is 5.88. The molecule has 0 aliphatic carbocycles. The molecule has 23 heavy (non-hydrogen) atoms. The lowest BCUT2D eigenvalue weighted by atomic mass is 10.2. The molecule has 0 bridgehead atoms. The van der Waals surface area contributed by atoms with Crippen molar-refractivity contribution in [2.24, 2.45) is 7.05 Å². The highest BCUT2D eigenvalue weighted by atomic mass is 19.1. The first kappa shape index (κ1) is 14.8. The number of halogens is 1. The first-order valence-corrected chi connectivity index (χ1v) is 6.95. The maximum absolute atomic E-state index is 12.9. The van der Waals surface area contributed by atoms with Crippen LogP contribution in [0.5, 0.6) is 5.75 Å². The zero-order valence-corrected chi connectivity index (χ0v) is 12.4. The van der Waals surface area contributed by atoms with E-state index in [1.807, 2.05) is 0 Å². The molecule has 0 unspecified atom stereocenters. The van der Waals surface area contributed by atoms with Gasteiger partial charge in [-0.15, -0.1) is 0 Å². The van der Waals surface area contributed by atoms with Crippen LogP contribution in [-0.2, 0) is 7.05 Å². The maximum atomic E-state index is 12.9. The van der Waals surface area contributed by atoms with E-state index >= 15 is 0 Å². The molecule has 3 rings (SSSR count). The maximum Gasteiger partial charge on any atom is 0.364 e. The smallest absolute Gasteiger partial charge is 0.364 e. The number of carbonyl (C=O) groups excluding carboxylic acids is 1. The quantitative estimate of drug-likeness (QED) is 0.591. The summed E-state index contributed by atoms with van der Waals surface area (Å²) in [6, 6.07) is 14.5. The Morgan fingerprint density at radius 1 is 1.04 bits per heavy atom. The van der Waals surface area contributed by atoms with E-state index < -0.39 is 5.97 Å². The fourth-order valence-electron chi connectivity index (χ4n) is 1.99. The van der Waals surface area contributed by atoms with Gasteiger partial charge in [-0.1, -0.05) is 0 Å². The van der Waals surface area contributed by atoms with Gasteiger partial charge in [-0.3, -0.25) is 4.68 Å². The van der Waals surface area contributed by atoms with Gasteiger partial charge in [0.05, 0.1) is 0 Å². The fourth-order valence-corrected chi connectivity index (χ4v) is 1.99. The van der Waals surface area contributed by atoms with Crippen LogP contribution in [0.2, 0.25) is 0 Å². The highest BCUT2D eigenvalue weighted by Gasteiger charge is 2.11. The van der Waals surface area contributed by atoms with Crippen LogP contribution >= 0.6 is 0 Å². The molecule has 1 N–H and O–H groups in total. The van der Waals surface area contributed by atoms with Gasteiger partial charge in [-0.25, -0.2) is 9.18 Å². The normalized spacial score (nSPS) is 10.3. The van der Waals surface area contributed by atoms with Crippen molar-refractivity contribution in [3.63, 3.8) is 0 Å². The summed E-state index contributed by atoms with van der Waals surface area (Å²) in [4.78, 5) is 11.9. The van der Waals surface area contributed by atoms with Gasteiger partial charge in [0.1, 0.15) is 11.6 Å². The lowest BCUT2D eigenvalue weighted by Gasteiger charge is -2.07. The van der Waals surface area contributed by atoms with Gasteiger partial charge in [-0.2, -0.15) is 5.10 Å². The second kappa shape index (κ2) is 6.31. The summed E-state index contributed by atoms with van der Waals surface area (Å²) >= 11 is 0. The molecule has 1 heterocycles. The van der Waals surface area contributed by atoms with Gasteiger partial charge >= 0.3 is 5.97 Å². The Bertz CT molecular complexity index is 811. The van der Waals surface area contributed by atoms with Gasteiger partial charge in [0.2, 0.25) is 0 Å². The number of benzene rings is 2. The summed E-state index contributed by atoms with van der Waals surface area (Å²) in [5.74, 6) is -0.373. The second-order valence-electron chi connectivity index (χ2n) is 4.92. The van der Waals surface area contributed by atoms with Crippen LogP contribution in [-0.4, -0.2) is 15.7 Å². The molecule has 5 nitrogen and oxygen atoms in total. The Morgan fingerprint density at radius 2 is 1.65 bits per heavy atom. The zero-order chi connectivity index (χ0) is 16.2. The summed E-state index contributed by atoms with van der Waals surface area (Å²) in [6.45, 7) is 0. The van der Waals surface area contributed by atoms with E-state index in [1.165, 1.54) is 16.8 Å². The Hall–Kier alpha value is -3.15. The van der Waals surface area contributed by atoms with E-state index in [0.717, 1.165) is 11.4 Å². The number of rotatable bonds is 4. The van der Waals surface area contributed by atoms with E-state index in [4.69, 9.17) is 4.74 Å². The first-order chi connectivity index (χ1) is 11.1. The Balaban J connectivity index is 1.65. The van der Waals surface area contributed by atoms with Crippen molar-refractivity contribution in [1.29, 1.82) is 0 Å². The lowest BCUT2D eigenvalue weighted by Crippen LogP contribution is -2.09.